The lowest BCUT2D eigenvalue weighted by atomic mass is 10.0. The molecule has 0 saturated heterocycles. The van der Waals surface area contributed by atoms with Crippen LogP contribution in [0.5, 0.6) is 11.5 Å². The first-order valence-corrected chi connectivity index (χ1v) is 7.37. The molecule has 0 bridgehead atoms. The molecule has 2 aromatic rings. The van der Waals surface area contributed by atoms with Crippen molar-refractivity contribution in [3.8, 4) is 11.5 Å². The number of benzene rings is 2. The molecule has 0 spiro atoms. The molecule has 0 saturated carbocycles. The van der Waals surface area contributed by atoms with Crippen molar-refractivity contribution in [2.24, 2.45) is 0 Å². The summed E-state index contributed by atoms with van der Waals surface area (Å²) in [5.41, 5.74) is 2.32. The van der Waals surface area contributed by atoms with Crippen molar-refractivity contribution < 1.29 is 10.2 Å². The van der Waals surface area contributed by atoms with Gasteiger partial charge in [0, 0.05) is 12.1 Å². The third-order valence-electron chi connectivity index (χ3n) is 3.71. The van der Waals surface area contributed by atoms with Gasteiger partial charge < -0.3 is 15.5 Å². The molecule has 3 heteroatoms. The minimum absolute atomic E-state index is 0.201. The Morgan fingerprint density at radius 3 is 2.33 bits per heavy atom. The van der Waals surface area contributed by atoms with Crippen LogP contribution in [-0.2, 0) is 6.42 Å². The largest absolute Gasteiger partial charge is 0.508 e. The van der Waals surface area contributed by atoms with Gasteiger partial charge in [-0.3, -0.25) is 0 Å². The quantitative estimate of drug-likeness (QED) is 0.757. The van der Waals surface area contributed by atoms with Gasteiger partial charge in [-0.05, 0) is 62.1 Å². The average molecular weight is 285 g/mol. The molecule has 0 aliphatic carbocycles. The Labute approximate surface area is 126 Å². The second-order valence-electron chi connectivity index (χ2n) is 5.59. The SMILES string of the molecule is CC(CCc1ccc(O)cc1)NC(C)c1cccc(O)c1. The fourth-order valence-corrected chi connectivity index (χ4v) is 2.45. The molecule has 0 fully saturated rings. The molecule has 2 aromatic carbocycles. The highest BCUT2D eigenvalue weighted by Crippen LogP contribution is 2.19. The Morgan fingerprint density at radius 1 is 0.952 bits per heavy atom. The number of phenolic OH excluding ortho intramolecular Hbond substituents is 2. The van der Waals surface area contributed by atoms with Crippen molar-refractivity contribution in [3.05, 3.63) is 59.7 Å². The number of aromatic hydroxyl groups is 2. The van der Waals surface area contributed by atoms with Gasteiger partial charge in [0.25, 0.3) is 0 Å². The highest BCUT2D eigenvalue weighted by Gasteiger charge is 2.10. The maximum Gasteiger partial charge on any atom is 0.115 e. The number of hydrogen-bond acceptors (Lipinski definition) is 3. The van der Waals surface area contributed by atoms with Gasteiger partial charge in [-0.25, -0.2) is 0 Å². The smallest absolute Gasteiger partial charge is 0.115 e. The van der Waals surface area contributed by atoms with Gasteiger partial charge in [0.2, 0.25) is 0 Å². The van der Waals surface area contributed by atoms with Gasteiger partial charge >= 0.3 is 0 Å². The van der Waals surface area contributed by atoms with E-state index in [0.29, 0.717) is 17.5 Å². The molecule has 2 atom stereocenters. The molecule has 0 heterocycles. The van der Waals surface area contributed by atoms with Gasteiger partial charge in [0.1, 0.15) is 11.5 Å². The van der Waals surface area contributed by atoms with E-state index in [0.717, 1.165) is 18.4 Å². The maximum absolute atomic E-state index is 9.52. The van der Waals surface area contributed by atoms with Gasteiger partial charge in [-0.15, -0.1) is 0 Å². The molecule has 112 valence electrons. The van der Waals surface area contributed by atoms with Crippen molar-refractivity contribution in [1.29, 1.82) is 0 Å². The third kappa shape index (κ3) is 4.80. The highest BCUT2D eigenvalue weighted by molar-refractivity contribution is 5.29. The summed E-state index contributed by atoms with van der Waals surface area (Å²) in [5, 5.41) is 22.3. The van der Waals surface area contributed by atoms with Gasteiger partial charge in [-0.2, -0.15) is 0 Å². The van der Waals surface area contributed by atoms with Gasteiger partial charge in [-0.1, -0.05) is 24.3 Å². The number of hydrogen-bond donors (Lipinski definition) is 3. The molecule has 3 N–H and O–H groups in total. The molecule has 2 rings (SSSR count). The topological polar surface area (TPSA) is 52.5 Å². The zero-order valence-electron chi connectivity index (χ0n) is 12.6. The van der Waals surface area contributed by atoms with Crippen LogP contribution in [0.25, 0.3) is 0 Å². The summed E-state index contributed by atoms with van der Waals surface area (Å²) in [6.45, 7) is 4.27. The molecule has 0 radical (unpaired) electrons. The molecule has 0 aliphatic heterocycles. The molecule has 0 amide bonds. The standard InChI is InChI=1S/C18H23NO2/c1-13(6-7-15-8-10-17(20)11-9-15)19-14(2)16-4-3-5-18(21)12-16/h3-5,8-14,19-21H,6-7H2,1-2H3. The van der Waals surface area contributed by atoms with Crippen molar-refractivity contribution in [1.82, 2.24) is 5.32 Å². The Balaban J connectivity index is 1.83. The van der Waals surface area contributed by atoms with Crippen molar-refractivity contribution in [2.45, 2.75) is 38.8 Å². The molecule has 0 aliphatic rings. The predicted octanol–water partition coefficient (Wildman–Crippen LogP) is 3.77. The summed E-state index contributed by atoms with van der Waals surface area (Å²) in [5.74, 6) is 0.611. The van der Waals surface area contributed by atoms with E-state index in [9.17, 15) is 10.2 Å². The molecule has 21 heavy (non-hydrogen) atoms. The normalized spacial score (nSPS) is 13.8. The van der Waals surface area contributed by atoms with Crippen LogP contribution in [0, 0.1) is 0 Å². The average Bonchev–Trinajstić information content (AvgIpc) is 2.46. The lowest BCUT2D eigenvalue weighted by Gasteiger charge is -2.20. The van der Waals surface area contributed by atoms with Gasteiger partial charge in [0.05, 0.1) is 0 Å². The van der Waals surface area contributed by atoms with Crippen molar-refractivity contribution >= 4 is 0 Å². The number of rotatable bonds is 6. The monoisotopic (exact) mass is 285 g/mol. The summed E-state index contributed by atoms with van der Waals surface area (Å²) in [7, 11) is 0. The van der Waals surface area contributed by atoms with Crippen LogP contribution in [0.1, 0.15) is 37.4 Å². The van der Waals surface area contributed by atoms with E-state index in [1.54, 1.807) is 24.3 Å². The highest BCUT2D eigenvalue weighted by atomic mass is 16.3. The van der Waals surface area contributed by atoms with E-state index in [2.05, 4.69) is 19.2 Å². The fourth-order valence-electron chi connectivity index (χ4n) is 2.45. The van der Waals surface area contributed by atoms with Crippen molar-refractivity contribution in [3.63, 3.8) is 0 Å². The second kappa shape index (κ2) is 7.14. The first kappa shape index (κ1) is 15.4. The third-order valence-corrected chi connectivity index (χ3v) is 3.71. The van der Waals surface area contributed by atoms with Crippen LogP contribution in [0.3, 0.4) is 0 Å². The van der Waals surface area contributed by atoms with Crippen molar-refractivity contribution in [2.75, 3.05) is 0 Å². The summed E-state index contributed by atoms with van der Waals surface area (Å²) in [6, 6.07) is 15.3. The summed E-state index contributed by atoms with van der Waals surface area (Å²) in [4.78, 5) is 0. The van der Waals surface area contributed by atoms with E-state index < -0.39 is 0 Å². The Bertz CT molecular complexity index is 566. The summed E-state index contributed by atoms with van der Waals surface area (Å²) < 4.78 is 0. The van der Waals surface area contributed by atoms with Crippen LogP contribution >= 0.6 is 0 Å². The Hall–Kier alpha value is -2.00. The number of nitrogens with one attached hydrogen (secondary N) is 1. The van der Waals surface area contributed by atoms with Crippen LogP contribution in [-0.4, -0.2) is 16.3 Å². The molecule has 3 nitrogen and oxygen atoms in total. The zero-order chi connectivity index (χ0) is 15.2. The maximum atomic E-state index is 9.52. The zero-order valence-corrected chi connectivity index (χ0v) is 12.6. The van der Waals surface area contributed by atoms with E-state index in [-0.39, 0.29) is 6.04 Å². The molecular weight excluding hydrogens is 262 g/mol. The fraction of sp³-hybridized carbons (Fsp3) is 0.333. The summed E-state index contributed by atoms with van der Waals surface area (Å²) >= 11 is 0. The van der Waals surface area contributed by atoms with E-state index in [4.69, 9.17) is 0 Å². The lowest BCUT2D eigenvalue weighted by Crippen LogP contribution is -2.29. The Morgan fingerprint density at radius 2 is 1.67 bits per heavy atom. The first-order chi connectivity index (χ1) is 10.0. The molecule has 0 aromatic heterocycles. The van der Waals surface area contributed by atoms with E-state index in [1.807, 2.05) is 24.3 Å². The van der Waals surface area contributed by atoms with E-state index >= 15 is 0 Å². The van der Waals surface area contributed by atoms with Crippen LogP contribution in [0.15, 0.2) is 48.5 Å². The van der Waals surface area contributed by atoms with E-state index in [1.165, 1.54) is 5.56 Å². The van der Waals surface area contributed by atoms with Crippen LogP contribution in [0.4, 0.5) is 0 Å². The minimum atomic E-state index is 0.201. The summed E-state index contributed by atoms with van der Waals surface area (Å²) in [6.07, 6.45) is 2.00. The van der Waals surface area contributed by atoms with Gasteiger partial charge in [0.15, 0.2) is 0 Å². The predicted molar refractivity (Wildman–Crippen MR) is 85.5 cm³/mol. The second-order valence-corrected chi connectivity index (χ2v) is 5.59. The molecular formula is C18H23NO2. The number of phenols is 2. The van der Waals surface area contributed by atoms with Crippen LogP contribution < -0.4 is 5.32 Å². The minimum Gasteiger partial charge on any atom is -0.508 e. The first-order valence-electron chi connectivity index (χ1n) is 7.37. The number of aryl methyl sites for hydroxylation is 1. The Kier molecular flexibility index (Phi) is 5.23. The van der Waals surface area contributed by atoms with Crippen LogP contribution in [0.2, 0.25) is 0 Å². The lowest BCUT2D eigenvalue weighted by molar-refractivity contribution is 0.449. The molecule has 2 unspecified atom stereocenters.